The van der Waals surface area contributed by atoms with Gasteiger partial charge in [-0.25, -0.2) is 0 Å². The predicted molar refractivity (Wildman–Crippen MR) is 65.8 cm³/mol. The maximum atomic E-state index is 10.9. The first kappa shape index (κ1) is 15.6. The third-order valence-electron chi connectivity index (χ3n) is 3.07. The molecule has 0 aliphatic heterocycles. The van der Waals surface area contributed by atoms with Gasteiger partial charge in [0, 0.05) is 0 Å². The van der Waals surface area contributed by atoms with Crippen LogP contribution in [0.4, 0.5) is 0 Å². The summed E-state index contributed by atoms with van der Waals surface area (Å²) in [7, 11) is -0.532. The largest absolute Gasteiger partial charge is 0.469 e. The summed E-state index contributed by atoms with van der Waals surface area (Å²) in [6, 6.07) is 0. The Kier molecular flexibility index (Phi) is 5.65. The van der Waals surface area contributed by atoms with Crippen LogP contribution in [0.1, 0.15) is 27.2 Å². The molecule has 0 radical (unpaired) electrons. The van der Waals surface area contributed by atoms with Crippen molar-refractivity contribution in [2.45, 2.75) is 51.4 Å². The minimum absolute atomic E-state index is 0.00881. The molecule has 0 aliphatic carbocycles. The van der Waals surface area contributed by atoms with Crippen molar-refractivity contribution in [3.05, 3.63) is 0 Å². The molecule has 4 nitrogen and oxygen atoms in total. The Morgan fingerprint density at radius 2 is 1.88 bits per heavy atom. The van der Waals surface area contributed by atoms with E-state index in [2.05, 4.69) is 38.6 Å². The summed E-state index contributed by atoms with van der Waals surface area (Å²) in [6.45, 7) is 10.8. The molecule has 0 aromatic carbocycles. The maximum Gasteiger partial charge on any atom is 0.308 e. The van der Waals surface area contributed by atoms with Crippen molar-refractivity contribution in [3.8, 4) is 0 Å². The standard InChI is InChI=1S/C11H24O4Si/c1-11(2,3)16(5,6)15-8-9(12)7-10(13)14-4/h9,12H,7-8H2,1-6H3/t9-/m1/s1. The summed E-state index contributed by atoms with van der Waals surface area (Å²) in [6.07, 6.45) is -0.785. The van der Waals surface area contributed by atoms with Crippen LogP contribution < -0.4 is 0 Å². The van der Waals surface area contributed by atoms with E-state index in [1.807, 2.05) is 0 Å². The zero-order chi connectivity index (χ0) is 13.0. The number of rotatable bonds is 5. The number of esters is 1. The van der Waals surface area contributed by atoms with Gasteiger partial charge in [-0.05, 0) is 18.1 Å². The third-order valence-corrected chi connectivity index (χ3v) is 7.57. The molecule has 5 heteroatoms. The quantitative estimate of drug-likeness (QED) is 0.596. The van der Waals surface area contributed by atoms with Gasteiger partial charge >= 0.3 is 5.97 Å². The lowest BCUT2D eigenvalue weighted by Gasteiger charge is -2.36. The van der Waals surface area contributed by atoms with E-state index in [1.165, 1.54) is 7.11 Å². The van der Waals surface area contributed by atoms with Crippen molar-refractivity contribution in [2.24, 2.45) is 0 Å². The molecule has 0 rings (SSSR count). The van der Waals surface area contributed by atoms with Gasteiger partial charge in [0.25, 0.3) is 0 Å². The molecule has 0 spiro atoms. The second-order valence-corrected chi connectivity index (χ2v) is 10.3. The average Bonchev–Trinajstić information content (AvgIpc) is 2.13. The Morgan fingerprint density at radius 3 is 2.25 bits per heavy atom. The molecular weight excluding hydrogens is 224 g/mol. The molecule has 0 aromatic heterocycles. The van der Waals surface area contributed by atoms with Crippen molar-refractivity contribution in [1.29, 1.82) is 0 Å². The molecule has 1 atom stereocenters. The summed E-state index contributed by atoms with van der Waals surface area (Å²) in [5.74, 6) is -0.411. The van der Waals surface area contributed by atoms with Crippen LogP contribution in [0, 0.1) is 0 Å². The second kappa shape index (κ2) is 5.79. The van der Waals surface area contributed by atoms with Gasteiger partial charge < -0.3 is 14.3 Å². The predicted octanol–water partition coefficient (Wildman–Crippen LogP) is 1.93. The molecule has 0 saturated carbocycles. The molecule has 0 bridgehead atoms. The Balaban J connectivity index is 4.10. The highest BCUT2D eigenvalue weighted by Crippen LogP contribution is 2.36. The molecule has 0 aromatic rings. The fourth-order valence-corrected chi connectivity index (χ4v) is 1.90. The first-order valence-electron chi connectivity index (χ1n) is 5.49. The highest BCUT2D eigenvalue weighted by atomic mass is 28.4. The van der Waals surface area contributed by atoms with Crippen LogP contribution in [0.2, 0.25) is 18.1 Å². The molecule has 0 unspecified atom stereocenters. The van der Waals surface area contributed by atoms with Gasteiger partial charge in [0.1, 0.15) is 0 Å². The van der Waals surface area contributed by atoms with Gasteiger partial charge in [0.05, 0.1) is 26.2 Å². The summed E-state index contributed by atoms with van der Waals surface area (Å²) in [4.78, 5) is 10.9. The number of hydrogen-bond acceptors (Lipinski definition) is 4. The third kappa shape index (κ3) is 5.09. The van der Waals surface area contributed by atoms with Crippen molar-refractivity contribution >= 4 is 14.3 Å². The van der Waals surface area contributed by atoms with E-state index in [0.717, 1.165) is 0 Å². The number of aliphatic hydroxyl groups excluding tert-OH is 1. The molecule has 96 valence electrons. The minimum Gasteiger partial charge on any atom is -0.469 e. The van der Waals surface area contributed by atoms with E-state index in [9.17, 15) is 9.90 Å². The zero-order valence-electron chi connectivity index (χ0n) is 11.2. The normalized spacial score (nSPS) is 14.7. The molecule has 1 N–H and O–H groups in total. The van der Waals surface area contributed by atoms with Crippen LogP contribution in [0.25, 0.3) is 0 Å². The van der Waals surface area contributed by atoms with Crippen molar-refractivity contribution in [2.75, 3.05) is 13.7 Å². The fraction of sp³-hybridized carbons (Fsp3) is 0.909. The Morgan fingerprint density at radius 1 is 1.38 bits per heavy atom. The summed E-state index contributed by atoms with van der Waals surface area (Å²) < 4.78 is 10.3. The van der Waals surface area contributed by atoms with Crippen LogP contribution in [0.15, 0.2) is 0 Å². The SMILES string of the molecule is COC(=O)C[C@@H](O)CO[Si](C)(C)C(C)(C)C. The lowest BCUT2D eigenvalue weighted by Crippen LogP contribution is -2.42. The van der Waals surface area contributed by atoms with Gasteiger partial charge in [0.2, 0.25) is 0 Å². The number of aliphatic hydroxyl groups is 1. The monoisotopic (exact) mass is 248 g/mol. The Hall–Kier alpha value is -0.393. The van der Waals surface area contributed by atoms with Crippen LogP contribution in [-0.4, -0.2) is 39.2 Å². The fourth-order valence-electron chi connectivity index (χ4n) is 0.856. The number of carbonyl (C=O) groups excluding carboxylic acids is 1. The molecule has 0 saturated heterocycles. The molecule has 0 fully saturated rings. The van der Waals surface area contributed by atoms with Crippen molar-refractivity contribution in [1.82, 2.24) is 0 Å². The highest BCUT2D eigenvalue weighted by Gasteiger charge is 2.37. The Labute approximate surface area is 99.1 Å². The smallest absolute Gasteiger partial charge is 0.308 e. The zero-order valence-corrected chi connectivity index (χ0v) is 12.2. The van der Waals surface area contributed by atoms with E-state index in [-0.39, 0.29) is 18.1 Å². The lowest BCUT2D eigenvalue weighted by atomic mass is 10.2. The van der Waals surface area contributed by atoms with E-state index < -0.39 is 20.4 Å². The van der Waals surface area contributed by atoms with Gasteiger partial charge in [-0.15, -0.1) is 0 Å². The topological polar surface area (TPSA) is 55.8 Å². The number of carbonyl (C=O) groups is 1. The summed E-state index contributed by atoms with van der Waals surface area (Å²) in [5, 5.41) is 9.69. The van der Waals surface area contributed by atoms with Crippen LogP contribution in [0.3, 0.4) is 0 Å². The van der Waals surface area contributed by atoms with Gasteiger partial charge in [-0.2, -0.15) is 0 Å². The van der Waals surface area contributed by atoms with Crippen LogP contribution >= 0.6 is 0 Å². The molecule has 0 heterocycles. The van der Waals surface area contributed by atoms with E-state index in [1.54, 1.807) is 0 Å². The number of ether oxygens (including phenoxy) is 1. The van der Waals surface area contributed by atoms with Gasteiger partial charge in [-0.3, -0.25) is 4.79 Å². The molecule has 0 aliphatic rings. The number of methoxy groups -OCH3 is 1. The van der Waals surface area contributed by atoms with E-state index in [0.29, 0.717) is 0 Å². The molecule has 0 amide bonds. The first-order valence-corrected chi connectivity index (χ1v) is 8.40. The van der Waals surface area contributed by atoms with Crippen molar-refractivity contribution < 1.29 is 19.1 Å². The molecular formula is C11H24O4Si. The first-order chi connectivity index (χ1) is 7.10. The van der Waals surface area contributed by atoms with E-state index in [4.69, 9.17) is 4.43 Å². The second-order valence-electron chi connectivity index (χ2n) is 5.51. The Bertz CT molecular complexity index is 233. The van der Waals surface area contributed by atoms with Crippen LogP contribution in [0.5, 0.6) is 0 Å². The molecule has 16 heavy (non-hydrogen) atoms. The minimum atomic E-state index is -1.84. The van der Waals surface area contributed by atoms with Crippen LogP contribution in [-0.2, 0) is 14.0 Å². The highest BCUT2D eigenvalue weighted by molar-refractivity contribution is 6.74. The number of hydrogen-bond donors (Lipinski definition) is 1. The van der Waals surface area contributed by atoms with Gasteiger partial charge in [-0.1, -0.05) is 20.8 Å². The summed E-state index contributed by atoms with van der Waals surface area (Å²) >= 11 is 0. The van der Waals surface area contributed by atoms with Crippen molar-refractivity contribution in [3.63, 3.8) is 0 Å². The summed E-state index contributed by atoms with van der Waals surface area (Å²) in [5.41, 5.74) is 0. The average molecular weight is 248 g/mol. The van der Waals surface area contributed by atoms with Gasteiger partial charge in [0.15, 0.2) is 8.32 Å². The van der Waals surface area contributed by atoms with E-state index >= 15 is 0 Å². The lowest BCUT2D eigenvalue weighted by molar-refractivity contribution is -0.143. The maximum absolute atomic E-state index is 10.9.